The molecule has 0 nitrogen and oxygen atoms in total. The second-order valence-electron chi connectivity index (χ2n) is 3.00. The van der Waals surface area contributed by atoms with Gasteiger partial charge in [-0.15, -0.1) is 0 Å². The first kappa shape index (κ1) is 9.83. The Balaban J connectivity index is -0.0000000800. The van der Waals surface area contributed by atoms with Gasteiger partial charge >= 0.3 is 18.9 Å². The Bertz CT molecular complexity index is 27.2. The van der Waals surface area contributed by atoms with E-state index < -0.39 is 0 Å². The summed E-state index contributed by atoms with van der Waals surface area (Å²) in [5, 5.41) is 0.500. The van der Waals surface area contributed by atoms with E-state index in [-0.39, 0.29) is 20.3 Å². The van der Waals surface area contributed by atoms with Crippen molar-refractivity contribution in [1.29, 1.82) is 0 Å². The zero-order chi connectivity index (χ0) is 4.50. The fourth-order valence-corrected chi connectivity index (χ4v) is 0. The molecule has 0 aromatic rings. The van der Waals surface area contributed by atoms with Crippen molar-refractivity contribution >= 4 is 7.85 Å². The molecule has 0 fully saturated rings. The molecule has 0 aliphatic carbocycles. The monoisotopic (exact) mass is 78.1 g/mol. The Hall–Kier alpha value is 0.662. The summed E-state index contributed by atoms with van der Waals surface area (Å²) < 4.78 is 0. The summed E-state index contributed by atoms with van der Waals surface area (Å²) in [6.07, 6.45) is 0. The summed E-state index contributed by atoms with van der Waals surface area (Å²) in [5.74, 6) is 0. The smallest absolute Gasteiger partial charge is 1.00 e. The molecule has 0 aromatic carbocycles. The SMILES string of the molecule is BC(C)(C)C.[H-].[Li+]. The van der Waals surface area contributed by atoms with Crippen molar-refractivity contribution in [2.75, 3.05) is 0 Å². The molecule has 0 aliphatic rings. The maximum Gasteiger partial charge on any atom is 1.00 e. The molecule has 6 heavy (non-hydrogen) atoms. The second-order valence-corrected chi connectivity index (χ2v) is 3.00. The Labute approximate surface area is 54.8 Å². The van der Waals surface area contributed by atoms with E-state index in [2.05, 4.69) is 28.6 Å². The minimum atomic E-state index is 0. The first-order valence-corrected chi connectivity index (χ1v) is 2.00. The minimum absolute atomic E-state index is 0. The molecule has 0 rings (SSSR count). The third-order valence-corrected chi connectivity index (χ3v) is 0. The van der Waals surface area contributed by atoms with Crippen LogP contribution in [0, 0.1) is 0 Å². The molecule has 0 heterocycles. The summed E-state index contributed by atoms with van der Waals surface area (Å²) in [7, 11) is 2.19. The number of rotatable bonds is 0. The van der Waals surface area contributed by atoms with Crippen LogP contribution in [0.2, 0.25) is 5.31 Å². The largest absolute Gasteiger partial charge is 1.00 e. The molecule has 0 radical (unpaired) electrons. The summed E-state index contributed by atoms with van der Waals surface area (Å²) in [6.45, 7) is 6.56. The van der Waals surface area contributed by atoms with Gasteiger partial charge in [-0.1, -0.05) is 26.1 Å². The van der Waals surface area contributed by atoms with Crippen LogP contribution in [0.4, 0.5) is 0 Å². The molecule has 0 saturated carbocycles. The molecule has 0 saturated heterocycles. The van der Waals surface area contributed by atoms with Gasteiger partial charge in [0.1, 0.15) is 7.85 Å². The zero-order valence-corrected chi connectivity index (χ0v) is 5.50. The molecule has 0 aliphatic heterocycles. The van der Waals surface area contributed by atoms with E-state index in [1.165, 1.54) is 0 Å². The van der Waals surface area contributed by atoms with Gasteiger partial charge in [0.05, 0.1) is 0 Å². The van der Waals surface area contributed by atoms with Gasteiger partial charge in [-0.05, 0) is 0 Å². The van der Waals surface area contributed by atoms with Crippen molar-refractivity contribution in [2.24, 2.45) is 0 Å². The molecule has 0 atom stereocenters. The maximum absolute atomic E-state index is 2.19. The summed E-state index contributed by atoms with van der Waals surface area (Å²) >= 11 is 0. The van der Waals surface area contributed by atoms with Crippen LogP contribution in [-0.4, -0.2) is 7.85 Å². The molecule has 2 heteroatoms. The number of hydrogen-bond acceptors (Lipinski definition) is 0. The standard InChI is InChI=1S/C4H11B.Li.H/c1-4(2,3)5;;/h5H2,1-3H3;;/q;+1;-1. The van der Waals surface area contributed by atoms with Gasteiger partial charge in [0.2, 0.25) is 0 Å². The van der Waals surface area contributed by atoms with E-state index in [1.807, 2.05) is 0 Å². The average molecular weight is 77.9 g/mol. The fourth-order valence-electron chi connectivity index (χ4n) is 0. The van der Waals surface area contributed by atoms with Crippen molar-refractivity contribution in [3.05, 3.63) is 0 Å². The summed E-state index contributed by atoms with van der Waals surface area (Å²) in [6, 6.07) is 0. The van der Waals surface area contributed by atoms with Crippen LogP contribution in [-0.2, 0) is 0 Å². The van der Waals surface area contributed by atoms with Gasteiger partial charge in [0.25, 0.3) is 0 Å². The van der Waals surface area contributed by atoms with Crippen molar-refractivity contribution in [3.8, 4) is 0 Å². The molecule has 0 spiro atoms. The van der Waals surface area contributed by atoms with Crippen molar-refractivity contribution in [1.82, 2.24) is 0 Å². The zero-order valence-electron chi connectivity index (χ0n) is 6.50. The molecule has 0 unspecified atom stereocenters. The molecular formula is C4H12BLi. The van der Waals surface area contributed by atoms with Gasteiger partial charge in [0.15, 0.2) is 0 Å². The predicted octanol–water partition coefficient (Wildman–Crippen LogP) is -2.05. The average Bonchev–Trinajstić information content (AvgIpc) is 0.722. The topological polar surface area (TPSA) is 0 Å². The van der Waals surface area contributed by atoms with E-state index in [0.717, 1.165) is 0 Å². The van der Waals surface area contributed by atoms with Crippen LogP contribution in [0.5, 0.6) is 0 Å². The first-order chi connectivity index (χ1) is 2.00. The quantitative estimate of drug-likeness (QED) is 0.293. The van der Waals surface area contributed by atoms with Gasteiger partial charge < -0.3 is 1.43 Å². The maximum atomic E-state index is 2.19. The first-order valence-electron chi connectivity index (χ1n) is 2.00. The molecule has 0 aromatic heterocycles. The van der Waals surface area contributed by atoms with Crippen LogP contribution >= 0.6 is 0 Å². The van der Waals surface area contributed by atoms with E-state index in [0.29, 0.717) is 5.31 Å². The van der Waals surface area contributed by atoms with E-state index in [9.17, 15) is 0 Å². The van der Waals surface area contributed by atoms with Crippen LogP contribution in [0.1, 0.15) is 22.2 Å². The van der Waals surface area contributed by atoms with Crippen molar-refractivity contribution in [3.63, 3.8) is 0 Å². The molecule has 0 N–H and O–H groups in total. The Morgan fingerprint density at radius 2 is 1.33 bits per heavy atom. The normalized spacial score (nSPS) is 9.83. The van der Waals surface area contributed by atoms with E-state index in [4.69, 9.17) is 0 Å². The second kappa shape index (κ2) is 2.77. The Morgan fingerprint density at radius 3 is 1.33 bits per heavy atom. The van der Waals surface area contributed by atoms with Gasteiger partial charge in [-0.25, -0.2) is 0 Å². The number of hydrogen-bond donors (Lipinski definition) is 0. The van der Waals surface area contributed by atoms with Gasteiger partial charge in [-0.2, -0.15) is 0 Å². The summed E-state index contributed by atoms with van der Waals surface area (Å²) in [4.78, 5) is 0. The van der Waals surface area contributed by atoms with E-state index in [1.54, 1.807) is 0 Å². The Morgan fingerprint density at radius 1 is 1.33 bits per heavy atom. The Kier molecular flexibility index (Phi) is 4.54. The van der Waals surface area contributed by atoms with Gasteiger partial charge in [0, 0.05) is 0 Å². The fraction of sp³-hybridized carbons (Fsp3) is 1.00. The minimum Gasteiger partial charge on any atom is -1.00 e. The van der Waals surface area contributed by atoms with Gasteiger partial charge in [-0.3, -0.25) is 0 Å². The third kappa shape index (κ3) is 143. The van der Waals surface area contributed by atoms with Crippen molar-refractivity contribution in [2.45, 2.75) is 26.1 Å². The van der Waals surface area contributed by atoms with Crippen LogP contribution < -0.4 is 18.9 Å². The summed E-state index contributed by atoms with van der Waals surface area (Å²) in [5.41, 5.74) is 0. The van der Waals surface area contributed by atoms with Crippen molar-refractivity contribution < 1.29 is 20.3 Å². The molecule has 32 valence electrons. The van der Waals surface area contributed by atoms with Crippen LogP contribution in [0.3, 0.4) is 0 Å². The van der Waals surface area contributed by atoms with E-state index >= 15 is 0 Å². The molecule has 0 bridgehead atoms. The molecule has 0 amide bonds. The third-order valence-electron chi connectivity index (χ3n) is 0. The molecular weight excluding hydrogens is 65.8 g/mol. The van der Waals surface area contributed by atoms with Crippen LogP contribution in [0.25, 0.3) is 0 Å². The predicted molar refractivity (Wildman–Crippen MR) is 29.4 cm³/mol. The van der Waals surface area contributed by atoms with Crippen LogP contribution in [0.15, 0.2) is 0 Å².